The van der Waals surface area contributed by atoms with E-state index in [0.717, 1.165) is 29.7 Å². The Morgan fingerprint density at radius 2 is 1.83 bits per heavy atom. The van der Waals surface area contributed by atoms with Gasteiger partial charge in [-0.2, -0.15) is 0 Å². The lowest BCUT2D eigenvalue weighted by molar-refractivity contribution is 0.228. The number of phenols is 3. The van der Waals surface area contributed by atoms with Gasteiger partial charge in [-0.1, -0.05) is 6.07 Å². The van der Waals surface area contributed by atoms with Crippen LogP contribution in [0.4, 0.5) is 0 Å². The molecule has 0 bridgehead atoms. The maximum atomic E-state index is 9.95. The first-order valence-electron chi connectivity index (χ1n) is 7.60. The molecule has 0 fully saturated rings. The van der Waals surface area contributed by atoms with Crippen LogP contribution in [0.3, 0.4) is 0 Å². The molecular formula is C18H21NO4. The lowest BCUT2D eigenvalue weighted by Gasteiger charge is -2.35. The van der Waals surface area contributed by atoms with Gasteiger partial charge in [0.05, 0.1) is 7.11 Å². The van der Waals surface area contributed by atoms with E-state index in [1.807, 2.05) is 13.1 Å². The molecule has 1 aliphatic rings. The molecule has 0 saturated heterocycles. The van der Waals surface area contributed by atoms with Crippen molar-refractivity contribution in [1.29, 1.82) is 0 Å². The Balaban J connectivity index is 1.94. The van der Waals surface area contributed by atoms with Gasteiger partial charge in [0.1, 0.15) is 0 Å². The van der Waals surface area contributed by atoms with Crippen molar-refractivity contribution in [3.63, 3.8) is 0 Å². The minimum atomic E-state index is -0.0957. The van der Waals surface area contributed by atoms with Crippen LogP contribution in [0.15, 0.2) is 30.3 Å². The summed E-state index contributed by atoms with van der Waals surface area (Å²) in [6.45, 7) is 0.879. The zero-order valence-corrected chi connectivity index (χ0v) is 13.3. The van der Waals surface area contributed by atoms with Gasteiger partial charge in [-0.25, -0.2) is 0 Å². The van der Waals surface area contributed by atoms with Crippen molar-refractivity contribution in [3.05, 3.63) is 47.0 Å². The lowest BCUT2D eigenvalue weighted by atomic mass is 9.88. The number of methoxy groups -OCH3 is 1. The standard InChI is InChI=1S/C18H21NO4/c1-19-6-5-12-9-15(20)16(21)10-13(12)14(19)7-11-3-4-18(23-2)17(22)8-11/h3-4,8-10,14,20-22H,5-7H2,1-2H3/t14-/m0/s1. The summed E-state index contributed by atoms with van der Waals surface area (Å²) in [5, 5.41) is 29.5. The van der Waals surface area contributed by atoms with Gasteiger partial charge in [0.15, 0.2) is 23.0 Å². The monoisotopic (exact) mass is 315 g/mol. The molecule has 0 radical (unpaired) electrons. The van der Waals surface area contributed by atoms with Crippen LogP contribution in [0.5, 0.6) is 23.0 Å². The van der Waals surface area contributed by atoms with Gasteiger partial charge in [-0.15, -0.1) is 0 Å². The summed E-state index contributed by atoms with van der Waals surface area (Å²) >= 11 is 0. The summed E-state index contributed by atoms with van der Waals surface area (Å²) in [5.41, 5.74) is 3.06. The van der Waals surface area contributed by atoms with Gasteiger partial charge in [0.25, 0.3) is 0 Å². The number of phenolic OH excluding ortho intramolecular Hbond substituents is 3. The summed E-state index contributed by atoms with van der Waals surface area (Å²) < 4.78 is 5.07. The van der Waals surface area contributed by atoms with E-state index in [4.69, 9.17) is 4.74 Å². The first-order chi connectivity index (χ1) is 11.0. The third-order valence-corrected chi connectivity index (χ3v) is 4.53. The number of hydrogen-bond donors (Lipinski definition) is 3. The molecule has 3 rings (SSSR count). The number of nitrogens with zero attached hydrogens (tertiary/aromatic N) is 1. The fraction of sp³-hybridized carbons (Fsp3) is 0.333. The van der Waals surface area contributed by atoms with Crippen molar-refractivity contribution >= 4 is 0 Å². The van der Waals surface area contributed by atoms with Crippen LogP contribution in [0.2, 0.25) is 0 Å². The summed E-state index contributed by atoms with van der Waals surface area (Å²) in [4.78, 5) is 2.22. The van der Waals surface area contributed by atoms with Crippen molar-refractivity contribution in [2.24, 2.45) is 0 Å². The molecule has 0 aliphatic carbocycles. The predicted octanol–water partition coefficient (Wildman–Crippen LogP) is 2.58. The second kappa shape index (κ2) is 6.01. The van der Waals surface area contributed by atoms with Gasteiger partial charge in [0, 0.05) is 12.6 Å². The van der Waals surface area contributed by atoms with E-state index in [0.29, 0.717) is 12.2 Å². The lowest BCUT2D eigenvalue weighted by Crippen LogP contribution is -2.33. The summed E-state index contributed by atoms with van der Waals surface area (Å²) in [6.07, 6.45) is 1.54. The fourth-order valence-corrected chi connectivity index (χ4v) is 3.20. The molecule has 0 saturated carbocycles. The molecule has 0 unspecified atom stereocenters. The van der Waals surface area contributed by atoms with Gasteiger partial charge >= 0.3 is 0 Å². The predicted molar refractivity (Wildman–Crippen MR) is 87.2 cm³/mol. The van der Waals surface area contributed by atoms with Crippen molar-refractivity contribution < 1.29 is 20.1 Å². The third-order valence-electron chi connectivity index (χ3n) is 4.53. The van der Waals surface area contributed by atoms with Crippen molar-refractivity contribution in [2.45, 2.75) is 18.9 Å². The average Bonchev–Trinajstić information content (AvgIpc) is 2.52. The van der Waals surface area contributed by atoms with Gasteiger partial charge in [0.2, 0.25) is 0 Å². The van der Waals surface area contributed by atoms with Crippen LogP contribution < -0.4 is 4.74 Å². The minimum absolute atomic E-state index is 0.0749. The smallest absolute Gasteiger partial charge is 0.160 e. The number of ether oxygens (including phenoxy) is 1. The topological polar surface area (TPSA) is 73.2 Å². The highest BCUT2D eigenvalue weighted by atomic mass is 16.5. The van der Waals surface area contributed by atoms with Crippen LogP contribution in [0, 0.1) is 0 Å². The molecule has 5 nitrogen and oxygen atoms in total. The van der Waals surface area contributed by atoms with Crippen LogP contribution >= 0.6 is 0 Å². The van der Waals surface area contributed by atoms with E-state index in [-0.39, 0.29) is 23.3 Å². The molecule has 0 spiro atoms. The zero-order chi connectivity index (χ0) is 16.6. The second-order valence-electron chi connectivity index (χ2n) is 6.00. The molecule has 0 aromatic heterocycles. The molecule has 1 atom stereocenters. The molecule has 0 amide bonds. The maximum absolute atomic E-state index is 9.95. The van der Waals surface area contributed by atoms with E-state index in [1.54, 1.807) is 24.3 Å². The molecular weight excluding hydrogens is 294 g/mol. The number of benzene rings is 2. The molecule has 122 valence electrons. The average molecular weight is 315 g/mol. The first-order valence-corrected chi connectivity index (χ1v) is 7.60. The van der Waals surface area contributed by atoms with Gasteiger partial charge in [-0.05, 0) is 60.8 Å². The maximum Gasteiger partial charge on any atom is 0.160 e. The number of fused-ring (bicyclic) bond motifs is 1. The molecule has 2 aromatic carbocycles. The first kappa shape index (κ1) is 15.5. The SMILES string of the molecule is COc1ccc(C[C@H]2c3cc(O)c(O)cc3CCN2C)cc1O. The van der Waals surface area contributed by atoms with E-state index in [2.05, 4.69) is 4.90 Å². The van der Waals surface area contributed by atoms with E-state index >= 15 is 0 Å². The molecule has 23 heavy (non-hydrogen) atoms. The normalized spacial score (nSPS) is 17.7. The molecule has 5 heteroatoms. The Hall–Kier alpha value is -2.40. The van der Waals surface area contributed by atoms with E-state index in [1.165, 1.54) is 7.11 Å². The highest BCUT2D eigenvalue weighted by molar-refractivity contribution is 5.48. The Morgan fingerprint density at radius 1 is 1.09 bits per heavy atom. The molecule has 1 aliphatic heterocycles. The van der Waals surface area contributed by atoms with Crippen LogP contribution in [0.25, 0.3) is 0 Å². The van der Waals surface area contributed by atoms with Crippen LogP contribution in [-0.2, 0) is 12.8 Å². The summed E-state index contributed by atoms with van der Waals surface area (Å²) in [7, 11) is 3.57. The minimum Gasteiger partial charge on any atom is -0.504 e. The molecule has 1 heterocycles. The Morgan fingerprint density at radius 3 is 2.52 bits per heavy atom. The number of aromatic hydroxyl groups is 3. The van der Waals surface area contributed by atoms with Crippen molar-refractivity contribution in [1.82, 2.24) is 4.90 Å². The number of likely N-dealkylation sites (N-methyl/N-ethyl adjacent to an activating group) is 1. The Labute approximate surface area is 135 Å². The molecule has 3 N–H and O–H groups in total. The fourth-order valence-electron chi connectivity index (χ4n) is 3.20. The van der Waals surface area contributed by atoms with Crippen LogP contribution in [-0.4, -0.2) is 40.9 Å². The third kappa shape index (κ3) is 2.92. The largest absolute Gasteiger partial charge is 0.504 e. The highest BCUT2D eigenvalue weighted by Crippen LogP contribution is 2.38. The van der Waals surface area contributed by atoms with Gasteiger partial charge in [-0.3, -0.25) is 4.90 Å². The van der Waals surface area contributed by atoms with Crippen LogP contribution in [0.1, 0.15) is 22.7 Å². The zero-order valence-electron chi connectivity index (χ0n) is 13.3. The quantitative estimate of drug-likeness (QED) is 0.759. The summed E-state index contributed by atoms with van der Waals surface area (Å²) in [6, 6.07) is 8.77. The molecule has 2 aromatic rings. The van der Waals surface area contributed by atoms with E-state index < -0.39 is 0 Å². The van der Waals surface area contributed by atoms with Crippen molar-refractivity contribution in [2.75, 3.05) is 20.7 Å². The Bertz CT molecular complexity index is 729. The van der Waals surface area contributed by atoms with Crippen molar-refractivity contribution in [3.8, 4) is 23.0 Å². The second-order valence-corrected chi connectivity index (χ2v) is 6.00. The van der Waals surface area contributed by atoms with Gasteiger partial charge < -0.3 is 20.1 Å². The highest BCUT2D eigenvalue weighted by Gasteiger charge is 2.26. The Kier molecular flexibility index (Phi) is 4.05. The number of hydrogen-bond acceptors (Lipinski definition) is 5. The summed E-state index contributed by atoms with van der Waals surface area (Å²) in [5.74, 6) is 0.404. The van der Waals surface area contributed by atoms with E-state index in [9.17, 15) is 15.3 Å². The number of rotatable bonds is 3.